The molecule has 0 atom stereocenters. The minimum Gasteiger partial charge on any atom is -0.335 e. The van der Waals surface area contributed by atoms with Crippen LogP contribution in [0.1, 0.15) is 28.4 Å². The van der Waals surface area contributed by atoms with Crippen LogP contribution in [0.4, 0.5) is 5.69 Å². The van der Waals surface area contributed by atoms with Gasteiger partial charge in [0.05, 0.1) is 10.6 Å². The van der Waals surface area contributed by atoms with Gasteiger partial charge in [0.15, 0.2) is 0 Å². The Morgan fingerprint density at radius 2 is 2.00 bits per heavy atom. The van der Waals surface area contributed by atoms with Crippen LogP contribution in [0.5, 0.6) is 0 Å². The van der Waals surface area contributed by atoms with E-state index in [2.05, 4.69) is 17.2 Å². The van der Waals surface area contributed by atoms with E-state index in [1.54, 1.807) is 0 Å². The van der Waals surface area contributed by atoms with Gasteiger partial charge >= 0.3 is 0 Å². The zero-order chi connectivity index (χ0) is 16.6. The Labute approximate surface area is 140 Å². The first kappa shape index (κ1) is 15.6. The molecular formula is C18H18ClN3O. The predicted molar refractivity (Wildman–Crippen MR) is 94.2 cm³/mol. The molecular weight excluding hydrogens is 310 g/mol. The van der Waals surface area contributed by atoms with Crippen molar-refractivity contribution in [3.8, 4) is 0 Å². The first-order valence-electron chi connectivity index (χ1n) is 7.51. The number of halogens is 1. The van der Waals surface area contributed by atoms with E-state index >= 15 is 0 Å². The molecule has 0 aliphatic heterocycles. The maximum atomic E-state index is 12.5. The molecule has 0 bridgehead atoms. The fourth-order valence-corrected chi connectivity index (χ4v) is 2.99. The standard InChI is InChI=1S/C18H18ClN3O/c1-4-12-10-22(3)17-15(12)16(19)14(9-20-17)18(23)21-13-7-5-11(2)6-8-13/h5-10H,4H2,1-3H3,(H,21,23). The summed E-state index contributed by atoms with van der Waals surface area (Å²) in [6.07, 6.45) is 4.38. The number of benzene rings is 1. The van der Waals surface area contributed by atoms with Crippen molar-refractivity contribution in [2.45, 2.75) is 20.3 Å². The lowest BCUT2D eigenvalue weighted by atomic mass is 10.1. The lowest BCUT2D eigenvalue weighted by Gasteiger charge is -2.08. The fourth-order valence-electron chi connectivity index (χ4n) is 2.65. The number of aryl methyl sites for hydroxylation is 3. The van der Waals surface area contributed by atoms with Crippen molar-refractivity contribution in [2.75, 3.05) is 5.32 Å². The predicted octanol–water partition coefficient (Wildman–Crippen LogP) is 4.35. The average molecular weight is 328 g/mol. The summed E-state index contributed by atoms with van der Waals surface area (Å²) in [5.74, 6) is -0.251. The maximum absolute atomic E-state index is 12.5. The Bertz CT molecular complexity index is 881. The molecule has 0 fully saturated rings. The van der Waals surface area contributed by atoms with Gasteiger partial charge in [-0.15, -0.1) is 0 Å². The van der Waals surface area contributed by atoms with Crippen LogP contribution >= 0.6 is 11.6 Å². The third-order valence-corrected chi connectivity index (χ3v) is 4.33. The van der Waals surface area contributed by atoms with E-state index in [9.17, 15) is 4.79 Å². The number of carbonyl (C=O) groups is 1. The number of rotatable bonds is 3. The van der Waals surface area contributed by atoms with E-state index in [0.717, 1.165) is 34.3 Å². The zero-order valence-electron chi connectivity index (χ0n) is 13.4. The molecule has 0 spiro atoms. The third-order valence-electron chi connectivity index (χ3n) is 3.94. The number of amides is 1. The molecule has 1 aromatic carbocycles. The first-order chi connectivity index (χ1) is 11.0. The van der Waals surface area contributed by atoms with Gasteiger partial charge in [-0.2, -0.15) is 0 Å². The number of hydrogen-bond donors (Lipinski definition) is 1. The van der Waals surface area contributed by atoms with Crippen molar-refractivity contribution in [3.63, 3.8) is 0 Å². The summed E-state index contributed by atoms with van der Waals surface area (Å²) in [6, 6.07) is 7.64. The van der Waals surface area contributed by atoms with Gasteiger partial charge in [0.1, 0.15) is 5.65 Å². The number of nitrogens with one attached hydrogen (secondary N) is 1. The molecule has 0 radical (unpaired) electrons. The Hall–Kier alpha value is -2.33. The summed E-state index contributed by atoms with van der Waals surface area (Å²) in [5.41, 5.74) is 4.14. The van der Waals surface area contributed by atoms with Crippen LogP contribution in [-0.2, 0) is 13.5 Å². The maximum Gasteiger partial charge on any atom is 0.258 e. The van der Waals surface area contributed by atoms with E-state index in [1.807, 2.05) is 49.0 Å². The summed E-state index contributed by atoms with van der Waals surface area (Å²) in [6.45, 7) is 4.06. The lowest BCUT2D eigenvalue weighted by Crippen LogP contribution is -2.13. The molecule has 2 aromatic heterocycles. The Morgan fingerprint density at radius 1 is 1.30 bits per heavy atom. The number of carbonyl (C=O) groups excluding carboxylic acids is 1. The Morgan fingerprint density at radius 3 is 2.65 bits per heavy atom. The van der Waals surface area contributed by atoms with E-state index in [1.165, 1.54) is 6.20 Å². The Balaban J connectivity index is 2.00. The largest absolute Gasteiger partial charge is 0.335 e. The van der Waals surface area contributed by atoms with Crippen LogP contribution in [0.2, 0.25) is 5.02 Å². The molecule has 3 aromatic rings. The first-order valence-corrected chi connectivity index (χ1v) is 7.89. The minimum absolute atomic E-state index is 0.251. The lowest BCUT2D eigenvalue weighted by molar-refractivity contribution is 0.102. The normalized spacial score (nSPS) is 11.0. The molecule has 3 rings (SSSR count). The van der Waals surface area contributed by atoms with Crippen LogP contribution in [0.25, 0.3) is 11.0 Å². The summed E-state index contributed by atoms with van der Waals surface area (Å²) in [5, 5.41) is 4.18. The quantitative estimate of drug-likeness (QED) is 0.777. The molecule has 1 amide bonds. The highest BCUT2D eigenvalue weighted by molar-refractivity contribution is 6.39. The van der Waals surface area contributed by atoms with Crippen LogP contribution in [0.15, 0.2) is 36.7 Å². The topological polar surface area (TPSA) is 46.9 Å². The van der Waals surface area contributed by atoms with E-state index in [-0.39, 0.29) is 5.91 Å². The number of hydrogen-bond acceptors (Lipinski definition) is 2. The number of aromatic nitrogens is 2. The van der Waals surface area contributed by atoms with Gasteiger partial charge in [0.25, 0.3) is 5.91 Å². The highest BCUT2D eigenvalue weighted by Gasteiger charge is 2.18. The summed E-state index contributed by atoms with van der Waals surface area (Å²) in [7, 11) is 1.93. The van der Waals surface area contributed by atoms with Crippen molar-refractivity contribution >= 4 is 34.2 Å². The van der Waals surface area contributed by atoms with Gasteiger partial charge in [-0.05, 0) is 31.0 Å². The monoisotopic (exact) mass is 327 g/mol. The second-order valence-electron chi connectivity index (χ2n) is 5.62. The Kier molecular flexibility index (Phi) is 4.09. The summed E-state index contributed by atoms with van der Waals surface area (Å²) >= 11 is 6.51. The molecule has 1 N–H and O–H groups in total. The smallest absolute Gasteiger partial charge is 0.258 e. The number of pyridine rings is 1. The van der Waals surface area contributed by atoms with Gasteiger partial charge in [0.2, 0.25) is 0 Å². The number of fused-ring (bicyclic) bond motifs is 1. The van der Waals surface area contributed by atoms with Gasteiger partial charge in [-0.1, -0.05) is 36.2 Å². The molecule has 2 heterocycles. The summed E-state index contributed by atoms with van der Waals surface area (Å²) in [4.78, 5) is 16.9. The molecule has 4 nitrogen and oxygen atoms in total. The van der Waals surface area contributed by atoms with Gasteiger partial charge in [-0.3, -0.25) is 4.79 Å². The molecule has 0 saturated heterocycles. The van der Waals surface area contributed by atoms with Crippen LogP contribution in [-0.4, -0.2) is 15.5 Å². The highest BCUT2D eigenvalue weighted by atomic mass is 35.5. The third kappa shape index (κ3) is 2.82. The van der Waals surface area contributed by atoms with Crippen molar-refractivity contribution in [1.29, 1.82) is 0 Å². The van der Waals surface area contributed by atoms with Gasteiger partial charge in [-0.25, -0.2) is 4.98 Å². The van der Waals surface area contributed by atoms with E-state index < -0.39 is 0 Å². The fraction of sp³-hybridized carbons (Fsp3) is 0.222. The molecule has 118 valence electrons. The second kappa shape index (κ2) is 6.05. The van der Waals surface area contributed by atoms with Crippen molar-refractivity contribution in [1.82, 2.24) is 9.55 Å². The van der Waals surface area contributed by atoms with Crippen molar-refractivity contribution in [3.05, 3.63) is 58.4 Å². The summed E-state index contributed by atoms with van der Waals surface area (Å²) < 4.78 is 1.93. The van der Waals surface area contributed by atoms with Crippen molar-refractivity contribution < 1.29 is 4.79 Å². The molecule has 0 aliphatic rings. The van der Waals surface area contributed by atoms with Crippen molar-refractivity contribution in [2.24, 2.45) is 7.05 Å². The molecule has 0 saturated carbocycles. The van der Waals surface area contributed by atoms with Gasteiger partial charge in [0, 0.05) is 30.5 Å². The van der Waals surface area contributed by atoms with E-state index in [4.69, 9.17) is 11.6 Å². The number of anilines is 1. The zero-order valence-corrected chi connectivity index (χ0v) is 14.1. The molecule has 0 aliphatic carbocycles. The van der Waals surface area contributed by atoms with Gasteiger partial charge < -0.3 is 9.88 Å². The van der Waals surface area contributed by atoms with Crippen LogP contribution in [0, 0.1) is 6.92 Å². The SMILES string of the molecule is CCc1cn(C)c2ncc(C(=O)Nc3ccc(C)cc3)c(Cl)c12. The van der Waals surface area contributed by atoms with Crippen LogP contribution < -0.4 is 5.32 Å². The molecule has 0 unspecified atom stereocenters. The van der Waals surface area contributed by atoms with E-state index in [0.29, 0.717) is 10.6 Å². The molecule has 5 heteroatoms. The molecule has 23 heavy (non-hydrogen) atoms. The number of nitrogens with zero attached hydrogens (tertiary/aromatic N) is 2. The highest BCUT2D eigenvalue weighted by Crippen LogP contribution is 2.30. The average Bonchev–Trinajstić information content (AvgIpc) is 2.87. The second-order valence-corrected chi connectivity index (χ2v) is 6.00. The van der Waals surface area contributed by atoms with Crippen LogP contribution in [0.3, 0.4) is 0 Å². The minimum atomic E-state index is -0.251.